The number of hydrogen-bond donors (Lipinski definition) is 2. The van der Waals surface area contributed by atoms with Crippen molar-refractivity contribution in [1.29, 1.82) is 5.26 Å². The van der Waals surface area contributed by atoms with Gasteiger partial charge >= 0.3 is 6.09 Å². The second kappa shape index (κ2) is 8.40. The summed E-state index contributed by atoms with van der Waals surface area (Å²) in [7, 11) is 0. The number of nitriles is 1. The summed E-state index contributed by atoms with van der Waals surface area (Å²) in [5, 5.41) is 14.9. The van der Waals surface area contributed by atoms with E-state index >= 15 is 0 Å². The summed E-state index contributed by atoms with van der Waals surface area (Å²) >= 11 is 0. The zero-order valence-electron chi connectivity index (χ0n) is 13.8. The van der Waals surface area contributed by atoms with Crippen LogP contribution in [0.25, 0.3) is 0 Å². The van der Waals surface area contributed by atoms with Gasteiger partial charge in [-0.25, -0.2) is 4.79 Å². The number of nitrogens with one attached hydrogen (secondary N) is 2. The summed E-state index contributed by atoms with van der Waals surface area (Å²) in [6.45, 7) is 8.95. The van der Waals surface area contributed by atoms with Crippen LogP contribution in [0.3, 0.4) is 0 Å². The molecule has 0 heterocycles. The topological polar surface area (TPSA) is 74.2 Å². The normalized spacial score (nSPS) is 12.3. The molecule has 120 valence electrons. The maximum atomic E-state index is 11.5. The SMILES string of the molecule is CC(NCCCNC(=O)OC(C)(C)C)c1ccc(C#N)cc1. The predicted molar refractivity (Wildman–Crippen MR) is 86.4 cm³/mol. The smallest absolute Gasteiger partial charge is 0.407 e. The minimum absolute atomic E-state index is 0.203. The van der Waals surface area contributed by atoms with Crippen LogP contribution in [0.5, 0.6) is 0 Å². The fourth-order valence-corrected chi connectivity index (χ4v) is 1.88. The van der Waals surface area contributed by atoms with Crippen LogP contribution < -0.4 is 10.6 Å². The fourth-order valence-electron chi connectivity index (χ4n) is 1.88. The number of rotatable bonds is 6. The molecule has 1 aromatic carbocycles. The van der Waals surface area contributed by atoms with Gasteiger partial charge in [0, 0.05) is 12.6 Å². The predicted octanol–water partition coefficient (Wildman–Crippen LogP) is 3.12. The third kappa shape index (κ3) is 7.09. The van der Waals surface area contributed by atoms with E-state index in [1.807, 2.05) is 45.0 Å². The molecule has 0 saturated carbocycles. The second-order valence-corrected chi connectivity index (χ2v) is 6.19. The van der Waals surface area contributed by atoms with Crippen LogP contribution in [0.2, 0.25) is 0 Å². The minimum Gasteiger partial charge on any atom is -0.444 e. The van der Waals surface area contributed by atoms with Gasteiger partial charge in [-0.15, -0.1) is 0 Å². The van der Waals surface area contributed by atoms with Crippen molar-refractivity contribution < 1.29 is 9.53 Å². The monoisotopic (exact) mass is 303 g/mol. The van der Waals surface area contributed by atoms with Gasteiger partial charge in [-0.05, 0) is 58.4 Å². The highest BCUT2D eigenvalue weighted by molar-refractivity contribution is 5.67. The molecule has 0 aliphatic carbocycles. The highest BCUT2D eigenvalue weighted by Gasteiger charge is 2.15. The van der Waals surface area contributed by atoms with Crippen molar-refractivity contribution in [3.05, 3.63) is 35.4 Å². The van der Waals surface area contributed by atoms with Crippen molar-refractivity contribution in [2.75, 3.05) is 13.1 Å². The van der Waals surface area contributed by atoms with Crippen molar-refractivity contribution in [3.63, 3.8) is 0 Å². The highest BCUT2D eigenvalue weighted by atomic mass is 16.6. The first kappa shape index (κ1) is 18.0. The van der Waals surface area contributed by atoms with E-state index in [0.717, 1.165) is 18.5 Å². The van der Waals surface area contributed by atoms with Gasteiger partial charge in [0.2, 0.25) is 0 Å². The number of nitrogens with zero attached hydrogens (tertiary/aromatic N) is 1. The van der Waals surface area contributed by atoms with Crippen molar-refractivity contribution in [1.82, 2.24) is 10.6 Å². The number of ether oxygens (including phenoxy) is 1. The minimum atomic E-state index is -0.466. The molecule has 1 rings (SSSR count). The van der Waals surface area contributed by atoms with Gasteiger partial charge in [0.1, 0.15) is 5.60 Å². The molecule has 0 radical (unpaired) electrons. The Morgan fingerprint density at radius 2 is 1.91 bits per heavy atom. The summed E-state index contributed by atoms with van der Waals surface area (Å²) in [5.74, 6) is 0. The Morgan fingerprint density at radius 1 is 1.27 bits per heavy atom. The van der Waals surface area contributed by atoms with Gasteiger partial charge < -0.3 is 15.4 Å². The van der Waals surface area contributed by atoms with Gasteiger partial charge in [0.05, 0.1) is 11.6 Å². The molecule has 0 spiro atoms. The lowest BCUT2D eigenvalue weighted by atomic mass is 10.1. The van der Waals surface area contributed by atoms with Gasteiger partial charge in [0.25, 0.3) is 0 Å². The van der Waals surface area contributed by atoms with E-state index in [9.17, 15) is 4.79 Å². The van der Waals surface area contributed by atoms with E-state index in [1.54, 1.807) is 0 Å². The third-order valence-corrected chi connectivity index (χ3v) is 3.01. The summed E-state index contributed by atoms with van der Waals surface area (Å²) in [4.78, 5) is 11.5. The first-order valence-corrected chi connectivity index (χ1v) is 7.52. The number of carbonyl (C=O) groups is 1. The van der Waals surface area contributed by atoms with Crippen molar-refractivity contribution in [2.45, 2.75) is 45.8 Å². The molecule has 2 N–H and O–H groups in total. The van der Waals surface area contributed by atoms with E-state index in [-0.39, 0.29) is 12.1 Å². The Balaban J connectivity index is 2.21. The average Bonchev–Trinajstić information content (AvgIpc) is 2.45. The Hall–Kier alpha value is -2.06. The summed E-state index contributed by atoms with van der Waals surface area (Å²) in [6, 6.07) is 9.85. The summed E-state index contributed by atoms with van der Waals surface area (Å²) in [6.07, 6.45) is 0.437. The Morgan fingerprint density at radius 3 is 2.45 bits per heavy atom. The second-order valence-electron chi connectivity index (χ2n) is 6.19. The van der Waals surface area contributed by atoms with Crippen molar-refractivity contribution >= 4 is 6.09 Å². The fraction of sp³-hybridized carbons (Fsp3) is 0.529. The molecule has 0 aliphatic heterocycles. The third-order valence-electron chi connectivity index (χ3n) is 3.01. The van der Waals surface area contributed by atoms with E-state index in [0.29, 0.717) is 12.1 Å². The van der Waals surface area contributed by atoms with E-state index in [1.165, 1.54) is 0 Å². The molecule has 0 aromatic heterocycles. The van der Waals surface area contributed by atoms with E-state index in [4.69, 9.17) is 10.00 Å². The first-order valence-electron chi connectivity index (χ1n) is 7.52. The number of hydrogen-bond acceptors (Lipinski definition) is 4. The number of alkyl carbamates (subject to hydrolysis) is 1. The lowest BCUT2D eigenvalue weighted by Gasteiger charge is -2.20. The quantitative estimate of drug-likeness (QED) is 0.792. The lowest BCUT2D eigenvalue weighted by Crippen LogP contribution is -2.34. The molecule has 0 saturated heterocycles. The van der Waals surface area contributed by atoms with Crippen molar-refractivity contribution in [3.8, 4) is 6.07 Å². The Labute approximate surface area is 132 Å². The Bertz CT molecular complexity index is 512. The number of carbonyl (C=O) groups excluding carboxylic acids is 1. The van der Waals surface area contributed by atoms with Crippen LogP contribution in [0, 0.1) is 11.3 Å². The van der Waals surface area contributed by atoms with Crippen LogP contribution in [0.4, 0.5) is 4.79 Å². The molecule has 1 aromatic rings. The first-order chi connectivity index (χ1) is 10.3. The largest absolute Gasteiger partial charge is 0.444 e. The van der Waals surface area contributed by atoms with Gasteiger partial charge in [0.15, 0.2) is 0 Å². The van der Waals surface area contributed by atoms with Crippen LogP contribution in [0.15, 0.2) is 24.3 Å². The lowest BCUT2D eigenvalue weighted by molar-refractivity contribution is 0.0527. The van der Waals surface area contributed by atoms with Crippen molar-refractivity contribution in [2.24, 2.45) is 0 Å². The maximum Gasteiger partial charge on any atom is 0.407 e. The molecule has 5 heteroatoms. The molecular formula is C17H25N3O2. The summed E-state index contributed by atoms with van der Waals surface area (Å²) in [5.41, 5.74) is 1.34. The molecule has 0 fully saturated rings. The average molecular weight is 303 g/mol. The molecule has 1 unspecified atom stereocenters. The van der Waals surface area contributed by atoms with Crippen LogP contribution in [-0.2, 0) is 4.74 Å². The molecule has 0 bridgehead atoms. The van der Waals surface area contributed by atoms with Gasteiger partial charge in [-0.2, -0.15) is 5.26 Å². The van der Waals surface area contributed by atoms with E-state index in [2.05, 4.69) is 23.6 Å². The molecule has 0 aliphatic rings. The molecule has 22 heavy (non-hydrogen) atoms. The molecular weight excluding hydrogens is 278 g/mol. The van der Waals surface area contributed by atoms with Crippen LogP contribution in [0.1, 0.15) is 51.3 Å². The van der Waals surface area contributed by atoms with Crippen LogP contribution in [-0.4, -0.2) is 24.8 Å². The zero-order chi connectivity index (χ0) is 16.6. The van der Waals surface area contributed by atoms with Crippen LogP contribution >= 0.6 is 0 Å². The Kier molecular flexibility index (Phi) is 6.87. The number of amides is 1. The number of benzene rings is 1. The van der Waals surface area contributed by atoms with Gasteiger partial charge in [-0.3, -0.25) is 0 Å². The summed E-state index contributed by atoms with van der Waals surface area (Å²) < 4.78 is 5.16. The molecule has 5 nitrogen and oxygen atoms in total. The molecule has 1 amide bonds. The van der Waals surface area contributed by atoms with Gasteiger partial charge in [-0.1, -0.05) is 12.1 Å². The van der Waals surface area contributed by atoms with E-state index < -0.39 is 5.60 Å². The zero-order valence-corrected chi connectivity index (χ0v) is 13.8. The molecule has 1 atom stereocenters. The highest BCUT2D eigenvalue weighted by Crippen LogP contribution is 2.12. The maximum absolute atomic E-state index is 11.5. The standard InChI is InChI=1S/C17H25N3O2/c1-13(15-8-6-14(12-18)7-9-15)19-10-5-11-20-16(21)22-17(2,3)4/h6-9,13,19H,5,10-11H2,1-4H3,(H,20,21).